The SMILES string of the molecule is O=C(N[C@@H]1CCNC1)c1ccc[n+](CC(=O)N2CC[C@@H]3[C@H]2C(=O)N3S(=O)(=O)O)c1. The molecule has 29 heavy (non-hydrogen) atoms. The molecule has 0 aliphatic carbocycles. The van der Waals surface area contributed by atoms with Crippen LogP contribution in [0.15, 0.2) is 24.5 Å². The van der Waals surface area contributed by atoms with E-state index in [9.17, 15) is 22.8 Å². The molecule has 3 fully saturated rings. The number of aromatic nitrogens is 1. The molecular formula is C17H22N5O6S+. The Morgan fingerprint density at radius 1 is 1.34 bits per heavy atom. The summed E-state index contributed by atoms with van der Waals surface area (Å²) in [6.07, 6.45) is 4.36. The first-order valence-corrected chi connectivity index (χ1v) is 10.8. The average Bonchev–Trinajstić information content (AvgIpc) is 3.28. The number of rotatable bonds is 5. The molecule has 3 amide bonds. The molecule has 0 unspecified atom stereocenters. The van der Waals surface area contributed by atoms with Crippen molar-refractivity contribution in [2.24, 2.45) is 0 Å². The molecule has 1 aromatic heterocycles. The molecule has 1 aromatic rings. The van der Waals surface area contributed by atoms with Crippen molar-refractivity contribution >= 4 is 28.0 Å². The fraction of sp³-hybridized carbons (Fsp3) is 0.529. The third-order valence-corrected chi connectivity index (χ3v) is 6.49. The number of hydrogen-bond donors (Lipinski definition) is 3. The van der Waals surface area contributed by atoms with Crippen LogP contribution in [0.5, 0.6) is 0 Å². The quantitative estimate of drug-likeness (QED) is 0.274. The van der Waals surface area contributed by atoms with E-state index in [1.807, 2.05) is 0 Å². The zero-order chi connectivity index (χ0) is 20.8. The Morgan fingerprint density at radius 3 is 2.83 bits per heavy atom. The zero-order valence-corrected chi connectivity index (χ0v) is 16.3. The highest BCUT2D eigenvalue weighted by atomic mass is 32.2. The lowest BCUT2D eigenvalue weighted by Crippen LogP contribution is -2.68. The van der Waals surface area contributed by atoms with Gasteiger partial charge in [-0.3, -0.25) is 18.9 Å². The number of carbonyl (C=O) groups is 3. The monoisotopic (exact) mass is 424 g/mol. The van der Waals surface area contributed by atoms with Crippen LogP contribution >= 0.6 is 0 Å². The van der Waals surface area contributed by atoms with E-state index in [1.165, 1.54) is 4.90 Å². The summed E-state index contributed by atoms with van der Waals surface area (Å²) in [7, 11) is -4.61. The molecule has 0 saturated carbocycles. The molecule has 4 heterocycles. The van der Waals surface area contributed by atoms with Gasteiger partial charge in [-0.25, -0.2) is 4.31 Å². The van der Waals surface area contributed by atoms with Crippen molar-refractivity contribution < 1.29 is 31.9 Å². The van der Waals surface area contributed by atoms with Gasteiger partial charge in [-0.15, -0.1) is 0 Å². The van der Waals surface area contributed by atoms with Crippen LogP contribution in [-0.2, 0) is 26.4 Å². The molecule has 4 rings (SSSR count). The minimum atomic E-state index is -4.61. The van der Waals surface area contributed by atoms with Gasteiger partial charge in [-0.1, -0.05) is 0 Å². The number of pyridine rings is 1. The molecule has 3 aliphatic heterocycles. The van der Waals surface area contributed by atoms with Crippen molar-refractivity contribution in [2.75, 3.05) is 19.6 Å². The van der Waals surface area contributed by atoms with Gasteiger partial charge in [0.15, 0.2) is 12.4 Å². The summed E-state index contributed by atoms with van der Waals surface area (Å²) >= 11 is 0. The third-order valence-electron chi connectivity index (χ3n) is 5.54. The van der Waals surface area contributed by atoms with Crippen LogP contribution in [0.1, 0.15) is 23.2 Å². The zero-order valence-electron chi connectivity index (χ0n) is 15.5. The lowest BCUT2D eigenvalue weighted by Gasteiger charge is -2.42. The van der Waals surface area contributed by atoms with Gasteiger partial charge in [0.05, 0.1) is 6.04 Å². The average molecular weight is 424 g/mol. The summed E-state index contributed by atoms with van der Waals surface area (Å²) in [4.78, 5) is 38.5. The van der Waals surface area contributed by atoms with Crippen molar-refractivity contribution in [3.63, 3.8) is 0 Å². The van der Waals surface area contributed by atoms with Gasteiger partial charge in [0.2, 0.25) is 6.54 Å². The lowest BCUT2D eigenvalue weighted by atomic mass is 10.0. The second-order valence-electron chi connectivity index (χ2n) is 7.43. The van der Waals surface area contributed by atoms with Gasteiger partial charge in [0, 0.05) is 25.2 Å². The highest BCUT2D eigenvalue weighted by Gasteiger charge is 2.60. The summed E-state index contributed by atoms with van der Waals surface area (Å²) in [6.45, 7) is 1.72. The number of fused-ring (bicyclic) bond motifs is 1. The van der Waals surface area contributed by atoms with E-state index in [0.717, 1.165) is 19.5 Å². The van der Waals surface area contributed by atoms with Crippen molar-refractivity contribution in [3.8, 4) is 0 Å². The molecule has 0 spiro atoms. The fourth-order valence-electron chi connectivity index (χ4n) is 4.14. The van der Waals surface area contributed by atoms with E-state index in [0.29, 0.717) is 9.87 Å². The molecule has 11 nitrogen and oxygen atoms in total. The normalized spacial score (nSPS) is 26.2. The maximum Gasteiger partial charge on any atom is 0.362 e. The Morgan fingerprint density at radius 2 is 2.14 bits per heavy atom. The number of carbonyl (C=O) groups excluding carboxylic acids is 3. The second-order valence-corrected chi connectivity index (χ2v) is 8.72. The van der Waals surface area contributed by atoms with Gasteiger partial charge < -0.3 is 15.5 Å². The Balaban J connectivity index is 1.40. The molecular weight excluding hydrogens is 402 g/mol. The predicted octanol–water partition coefficient (Wildman–Crippen LogP) is -2.32. The third kappa shape index (κ3) is 3.70. The minimum Gasteiger partial charge on any atom is -0.348 e. The standard InChI is InChI=1S/C17H21N5O6S/c23-14(21-7-4-13-15(21)17(25)22(13)29(26,27)28)10-20-6-1-2-11(9-20)16(24)19-12-3-5-18-8-12/h1-2,6,9,12-13,15,18H,3-5,7-8,10H2,(H-,19,24,26,27,28)/p+1/t12-,13-,15+/m1/s1. The maximum atomic E-state index is 12.7. The van der Waals surface area contributed by atoms with Crippen LogP contribution < -0.4 is 15.2 Å². The molecule has 0 aromatic carbocycles. The van der Waals surface area contributed by atoms with E-state index in [4.69, 9.17) is 4.55 Å². The van der Waals surface area contributed by atoms with E-state index >= 15 is 0 Å². The highest BCUT2D eigenvalue weighted by molar-refractivity contribution is 7.84. The smallest absolute Gasteiger partial charge is 0.348 e. The van der Waals surface area contributed by atoms with Gasteiger partial charge in [-0.05, 0) is 25.5 Å². The first kappa shape index (κ1) is 19.7. The first-order valence-electron chi connectivity index (χ1n) is 9.36. The molecule has 156 valence electrons. The van der Waals surface area contributed by atoms with Crippen LogP contribution in [0.4, 0.5) is 0 Å². The maximum absolute atomic E-state index is 12.7. The highest BCUT2D eigenvalue weighted by Crippen LogP contribution is 2.35. The largest absolute Gasteiger partial charge is 0.362 e. The Labute approximate surface area is 167 Å². The van der Waals surface area contributed by atoms with E-state index in [2.05, 4.69) is 10.6 Å². The van der Waals surface area contributed by atoms with Gasteiger partial charge in [-0.2, -0.15) is 13.0 Å². The number of hydrogen-bond acceptors (Lipinski definition) is 6. The topological polar surface area (TPSA) is 140 Å². The number of nitrogens with one attached hydrogen (secondary N) is 2. The van der Waals surface area contributed by atoms with Crippen LogP contribution in [0, 0.1) is 0 Å². The molecule has 0 radical (unpaired) electrons. The number of amides is 3. The van der Waals surface area contributed by atoms with E-state index in [1.54, 1.807) is 29.1 Å². The van der Waals surface area contributed by atoms with Gasteiger partial charge in [0.25, 0.3) is 17.7 Å². The summed E-state index contributed by atoms with van der Waals surface area (Å²) in [5.41, 5.74) is 0.420. The van der Waals surface area contributed by atoms with Gasteiger partial charge in [0.1, 0.15) is 11.6 Å². The van der Waals surface area contributed by atoms with Crippen molar-refractivity contribution in [3.05, 3.63) is 30.1 Å². The molecule has 3 N–H and O–H groups in total. The molecule has 0 bridgehead atoms. The van der Waals surface area contributed by atoms with Crippen molar-refractivity contribution in [1.29, 1.82) is 0 Å². The Bertz CT molecular complexity index is 961. The van der Waals surface area contributed by atoms with Crippen LogP contribution in [0.3, 0.4) is 0 Å². The Kier molecular flexibility index (Phi) is 5.00. The number of β-lactam (4-membered cyclic amide) rings is 1. The summed E-state index contributed by atoms with van der Waals surface area (Å²) in [5, 5.41) is 6.11. The van der Waals surface area contributed by atoms with Crippen LogP contribution in [-0.4, -0.2) is 77.7 Å². The van der Waals surface area contributed by atoms with E-state index < -0.39 is 28.3 Å². The van der Waals surface area contributed by atoms with Crippen LogP contribution in [0.25, 0.3) is 0 Å². The second kappa shape index (κ2) is 7.35. The Hall–Kier alpha value is -2.57. The summed E-state index contributed by atoms with van der Waals surface area (Å²) in [5.74, 6) is -1.38. The van der Waals surface area contributed by atoms with Crippen molar-refractivity contribution in [2.45, 2.75) is 37.5 Å². The predicted molar refractivity (Wildman–Crippen MR) is 97.7 cm³/mol. The number of likely N-dealkylation sites (tertiary alicyclic amines) is 1. The number of nitrogens with zero attached hydrogens (tertiary/aromatic N) is 3. The van der Waals surface area contributed by atoms with Crippen LogP contribution in [0.2, 0.25) is 0 Å². The summed E-state index contributed by atoms with van der Waals surface area (Å²) in [6, 6.07) is 1.81. The molecule has 3 atom stereocenters. The van der Waals surface area contributed by atoms with E-state index in [-0.39, 0.29) is 37.4 Å². The first-order chi connectivity index (χ1) is 13.8. The van der Waals surface area contributed by atoms with Gasteiger partial charge >= 0.3 is 10.3 Å². The molecule has 3 aliphatic rings. The van der Waals surface area contributed by atoms with Crippen molar-refractivity contribution in [1.82, 2.24) is 19.8 Å². The summed E-state index contributed by atoms with van der Waals surface area (Å²) < 4.78 is 33.7. The molecule has 3 saturated heterocycles. The fourth-order valence-corrected chi connectivity index (χ4v) is 5.04. The lowest BCUT2D eigenvalue weighted by molar-refractivity contribution is -0.685. The molecule has 12 heteroatoms. The minimum absolute atomic E-state index is 0.0784.